The van der Waals surface area contributed by atoms with E-state index in [1.54, 1.807) is 18.2 Å². The van der Waals surface area contributed by atoms with Gasteiger partial charge in [-0.25, -0.2) is 0 Å². The Hall–Kier alpha value is -2.04. The van der Waals surface area contributed by atoms with Gasteiger partial charge in [0.2, 0.25) is 0 Å². The molecule has 4 bridgehead atoms. The van der Waals surface area contributed by atoms with Crippen molar-refractivity contribution in [2.45, 2.75) is 44.9 Å². The average Bonchev–Trinajstić information content (AvgIpc) is 2.59. The Morgan fingerprint density at radius 1 is 1.15 bits per heavy atom. The summed E-state index contributed by atoms with van der Waals surface area (Å²) < 4.78 is 5.35. The van der Waals surface area contributed by atoms with Crippen LogP contribution in [0.1, 0.15) is 55.3 Å². The lowest BCUT2D eigenvalue weighted by molar-refractivity contribution is -0.118. The topological polar surface area (TPSA) is 67.4 Å². The number of carbonyl (C=O) groups excluding carboxylic acids is 2. The summed E-state index contributed by atoms with van der Waals surface area (Å²) in [6.07, 6.45) is 9.58. The minimum absolute atomic E-state index is 0.0314. The van der Waals surface area contributed by atoms with Gasteiger partial charge in [-0.1, -0.05) is 0 Å². The summed E-state index contributed by atoms with van der Waals surface area (Å²) in [6, 6.07) is 5.21. The molecule has 0 atom stereocenters. The summed E-state index contributed by atoms with van der Waals surface area (Å²) in [5.41, 5.74) is 1.63. The fourth-order valence-electron chi connectivity index (χ4n) is 6.36. The number of rotatable bonds is 4. The van der Waals surface area contributed by atoms with Crippen molar-refractivity contribution in [3.63, 3.8) is 0 Å². The molecular weight excluding hydrogens is 328 g/mol. The smallest absolute Gasteiger partial charge is 0.262 e. The number of hydrogen-bond acceptors (Lipinski definition) is 3. The highest BCUT2D eigenvalue weighted by atomic mass is 16.5. The highest BCUT2D eigenvalue weighted by Gasteiger charge is 2.50. The summed E-state index contributed by atoms with van der Waals surface area (Å²) in [5, 5.41) is 5.86. The molecule has 0 radical (unpaired) electrons. The zero-order chi connectivity index (χ0) is 17.7. The quantitative estimate of drug-likeness (QED) is 0.871. The van der Waals surface area contributed by atoms with Crippen molar-refractivity contribution in [2.24, 2.45) is 23.2 Å². The lowest BCUT2D eigenvalue weighted by Gasteiger charge is -2.57. The van der Waals surface area contributed by atoms with E-state index in [4.69, 9.17) is 4.74 Å². The van der Waals surface area contributed by atoms with Crippen LogP contribution in [-0.4, -0.2) is 25.0 Å². The third-order valence-corrected chi connectivity index (χ3v) is 6.98. The van der Waals surface area contributed by atoms with Crippen molar-refractivity contribution in [2.75, 3.05) is 18.5 Å². The summed E-state index contributed by atoms with van der Waals surface area (Å²) in [7, 11) is 0. The Kier molecular flexibility index (Phi) is 3.73. The van der Waals surface area contributed by atoms with Crippen LogP contribution in [-0.2, 0) is 4.79 Å². The third kappa shape index (κ3) is 2.87. The van der Waals surface area contributed by atoms with E-state index in [2.05, 4.69) is 10.6 Å². The van der Waals surface area contributed by atoms with Crippen LogP contribution >= 0.6 is 0 Å². The molecule has 2 amide bonds. The molecule has 6 rings (SSSR count). The Morgan fingerprint density at radius 3 is 2.54 bits per heavy atom. The minimum Gasteiger partial charge on any atom is -0.482 e. The van der Waals surface area contributed by atoms with Gasteiger partial charge in [0, 0.05) is 12.1 Å². The summed E-state index contributed by atoms with van der Waals surface area (Å²) in [6.45, 7) is 0.772. The zero-order valence-electron chi connectivity index (χ0n) is 15.1. The highest BCUT2D eigenvalue weighted by Crippen LogP contribution is 2.61. The fourth-order valence-corrected chi connectivity index (χ4v) is 6.36. The zero-order valence-corrected chi connectivity index (χ0v) is 15.1. The first-order chi connectivity index (χ1) is 12.6. The molecule has 1 aromatic rings. The van der Waals surface area contributed by atoms with E-state index < -0.39 is 0 Å². The summed E-state index contributed by atoms with van der Waals surface area (Å²) in [4.78, 5) is 24.0. The van der Waals surface area contributed by atoms with Crippen LogP contribution in [0.2, 0.25) is 0 Å². The van der Waals surface area contributed by atoms with Gasteiger partial charge in [0.1, 0.15) is 5.75 Å². The molecular formula is C21H26N2O3. The lowest BCUT2D eigenvalue weighted by atomic mass is 9.49. The molecule has 0 saturated heterocycles. The fraction of sp³-hybridized carbons (Fsp3) is 0.619. The number of ether oxygens (including phenoxy) is 1. The molecule has 5 nitrogen and oxygen atoms in total. The highest BCUT2D eigenvalue weighted by molar-refractivity contribution is 5.99. The molecule has 26 heavy (non-hydrogen) atoms. The Balaban J connectivity index is 1.20. The molecule has 4 aliphatic carbocycles. The van der Waals surface area contributed by atoms with Gasteiger partial charge in [0.15, 0.2) is 6.61 Å². The van der Waals surface area contributed by atoms with Crippen molar-refractivity contribution < 1.29 is 14.3 Å². The van der Waals surface area contributed by atoms with Crippen LogP contribution in [0.25, 0.3) is 0 Å². The Labute approximate surface area is 153 Å². The molecule has 4 saturated carbocycles. The maximum atomic E-state index is 12.5. The second-order valence-electron chi connectivity index (χ2n) is 8.97. The number of anilines is 1. The molecule has 1 aromatic carbocycles. The molecule has 0 spiro atoms. The van der Waals surface area contributed by atoms with Gasteiger partial charge < -0.3 is 15.4 Å². The first-order valence-electron chi connectivity index (χ1n) is 9.93. The van der Waals surface area contributed by atoms with Crippen LogP contribution in [0.5, 0.6) is 5.75 Å². The van der Waals surface area contributed by atoms with E-state index in [9.17, 15) is 9.59 Å². The normalized spacial score (nSPS) is 34.0. The molecule has 0 unspecified atom stereocenters. The van der Waals surface area contributed by atoms with Crippen molar-refractivity contribution in [3.8, 4) is 5.75 Å². The lowest BCUT2D eigenvalue weighted by Crippen LogP contribution is -2.47. The first-order valence-corrected chi connectivity index (χ1v) is 9.93. The van der Waals surface area contributed by atoms with Crippen LogP contribution in [0.15, 0.2) is 18.2 Å². The van der Waals surface area contributed by atoms with Crippen molar-refractivity contribution >= 4 is 17.5 Å². The van der Waals surface area contributed by atoms with Crippen molar-refractivity contribution in [1.29, 1.82) is 0 Å². The third-order valence-electron chi connectivity index (χ3n) is 6.98. The molecule has 1 aliphatic heterocycles. The number of benzene rings is 1. The summed E-state index contributed by atoms with van der Waals surface area (Å²) >= 11 is 0. The van der Waals surface area contributed by atoms with E-state index in [-0.39, 0.29) is 18.4 Å². The predicted octanol–water partition coefficient (Wildman–Crippen LogP) is 3.35. The molecule has 138 valence electrons. The second kappa shape index (κ2) is 6.00. The van der Waals surface area contributed by atoms with Gasteiger partial charge in [0.05, 0.1) is 5.69 Å². The standard InChI is InChI=1S/C21H26N2O3/c24-19-12-26-18-2-1-16(8-17(18)23-19)20(25)22-4-3-21-9-13-5-14(10-21)7-15(6-13)11-21/h1-2,8,13-15H,3-7,9-12H2,(H,22,25)(H,23,24). The van der Waals surface area contributed by atoms with Crippen LogP contribution in [0.3, 0.4) is 0 Å². The maximum absolute atomic E-state index is 12.5. The first kappa shape index (κ1) is 16.2. The van der Waals surface area contributed by atoms with Crippen molar-refractivity contribution in [3.05, 3.63) is 23.8 Å². The van der Waals surface area contributed by atoms with Gasteiger partial charge in [-0.15, -0.1) is 0 Å². The molecule has 5 aliphatic rings. The van der Waals surface area contributed by atoms with E-state index >= 15 is 0 Å². The molecule has 0 aromatic heterocycles. The average molecular weight is 354 g/mol. The molecule has 4 fully saturated rings. The summed E-state index contributed by atoms with van der Waals surface area (Å²) in [5.74, 6) is 3.20. The number of nitrogens with one attached hydrogen (secondary N) is 2. The molecule has 2 N–H and O–H groups in total. The number of hydrogen-bond donors (Lipinski definition) is 2. The van der Waals surface area contributed by atoms with Gasteiger partial charge >= 0.3 is 0 Å². The van der Waals surface area contributed by atoms with E-state index in [0.29, 0.717) is 22.4 Å². The monoisotopic (exact) mass is 354 g/mol. The van der Waals surface area contributed by atoms with E-state index in [1.807, 2.05) is 0 Å². The van der Waals surface area contributed by atoms with Crippen LogP contribution < -0.4 is 15.4 Å². The van der Waals surface area contributed by atoms with Gasteiger partial charge in [-0.05, 0) is 86.3 Å². The Bertz CT molecular complexity index is 722. The number of carbonyl (C=O) groups is 2. The maximum Gasteiger partial charge on any atom is 0.262 e. The van der Waals surface area contributed by atoms with E-state index in [0.717, 1.165) is 30.7 Å². The van der Waals surface area contributed by atoms with E-state index in [1.165, 1.54) is 38.5 Å². The van der Waals surface area contributed by atoms with Gasteiger partial charge in [-0.2, -0.15) is 0 Å². The SMILES string of the molecule is O=C1COc2ccc(C(=O)NCCC34CC5CC(CC(C5)C3)C4)cc2N1. The van der Waals surface area contributed by atoms with Gasteiger partial charge in [-0.3, -0.25) is 9.59 Å². The Morgan fingerprint density at radius 2 is 1.85 bits per heavy atom. The predicted molar refractivity (Wildman–Crippen MR) is 98.1 cm³/mol. The van der Waals surface area contributed by atoms with Gasteiger partial charge in [0.25, 0.3) is 11.8 Å². The molecule has 5 heteroatoms. The minimum atomic E-state index is -0.183. The molecule has 1 heterocycles. The van der Waals surface area contributed by atoms with Crippen molar-refractivity contribution in [1.82, 2.24) is 5.32 Å². The second-order valence-corrected chi connectivity index (χ2v) is 8.97. The van der Waals surface area contributed by atoms with Crippen LogP contribution in [0.4, 0.5) is 5.69 Å². The largest absolute Gasteiger partial charge is 0.482 e. The van der Waals surface area contributed by atoms with Crippen LogP contribution in [0, 0.1) is 23.2 Å². The number of amides is 2. The number of fused-ring (bicyclic) bond motifs is 1.